The lowest BCUT2D eigenvalue weighted by atomic mass is 10.1. The van der Waals surface area contributed by atoms with Gasteiger partial charge in [0.25, 0.3) is 0 Å². The molecule has 4 aromatic heterocycles. The van der Waals surface area contributed by atoms with E-state index >= 15 is 0 Å². The van der Waals surface area contributed by atoms with Crippen molar-refractivity contribution in [3.8, 4) is 16.9 Å². The minimum atomic E-state index is -0.387. The van der Waals surface area contributed by atoms with Crippen molar-refractivity contribution in [2.24, 2.45) is 0 Å². The number of H-pyrrole nitrogens is 1. The predicted molar refractivity (Wildman–Crippen MR) is 150 cm³/mol. The van der Waals surface area contributed by atoms with E-state index in [9.17, 15) is 4.79 Å². The molecular formula is C29H24N8O2. The molecule has 0 unspecified atom stereocenters. The first-order valence-electron chi connectivity index (χ1n) is 12.7. The molecule has 1 fully saturated rings. The van der Waals surface area contributed by atoms with Gasteiger partial charge in [0.2, 0.25) is 0 Å². The van der Waals surface area contributed by atoms with E-state index in [1.54, 1.807) is 4.68 Å². The molecule has 1 aliphatic rings. The van der Waals surface area contributed by atoms with Crippen molar-refractivity contribution >= 4 is 34.5 Å². The van der Waals surface area contributed by atoms with Crippen molar-refractivity contribution in [3.05, 3.63) is 101 Å². The summed E-state index contributed by atoms with van der Waals surface area (Å²) < 4.78 is 9.22. The Hall–Kier alpha value is -5.09. The number of ether oxygens (including phenoxy) is 1. The average molecular weight is 517 g/mol. The lowest BCUT2D eigenvalue weighted by molar-refractivity contribution is 0.122. The zero-order valence-electron chi connectivity index (χ0n) is 20.9. The van der Waals surface area contributed by atoms with Crippen LogP contribution in [-0.2, 0) is 4.74 Å². The molecule has 1 N–H and O–H groups in total. The first-order chi connectivity index (χ1) is 19.2. The Morgan fingerprint density at radius 3 is 2.51 bits per heavy atom. The topological polar surface area (TPSA) is 106 Å². The summed E-state index contributed by atoms with van der Waals surface area (Å²) in [7, 11) is 0. The Morgan fingerprint density at radius 2 is 1.69 bits per heavy atom. The molecule has 0 amide bonds. The minimum Gasteiger partial charge on any atom is -0.378 e. The number of benzene rings is 2. The van der Waals surface area contributed by atoms with Crippen molar-refractivity contribution in [2.75, 3.05) is 31.2 Å². The zero-order valence-corrected chi connectivity index (χ0v) is 20.9. The lowest BCUT2D eigenvalue weighted by Gasteiger charge is -2.28. The standard InChI is InChI=1S/C29H24N8O2/c38-29-31-19-37(34-29)24-11-6-21(7-12-24)26-17-30-27(35-13-15-39-16-14-35)28-33-23(18-36(26)28)10-9-22-8-5-20-3-1-2-4-25(20)32-22/h1-12,17-19H,13-16H2,(H,34,38)/b10-9+. The molecule has 0 bridgehead atoms. The quantitative estimate of drug-likeness (QED) is 0.371. The van der Waals surface area contributed by atoms with Gasteiger partial charge in [0.15, 0.2) is 11.5 Å². The summed E-state index contributed by atoms with van der Waals surface area (Å²) in [6, 6.07) is 20.0. The van der Waals surface area contributed by atoms with E-state index in [-0.39, 0.29) is 5.69 Å². The number of imidazole rings is 1. The number of nitrogens with zero attached hydrogens (tertiary/aromatic N) is 7. The maximum atomic E-state index is 11.4. The number of para-hydroxylation sites is 1. The van der Waals surface area contributed by atoms with Crippen LogP contribution in [0.1, 0.15) is 11.4 Å². The van der Waals surface area contributed by atoms with E-state index in [0.717, 1.165) is 63.8 Å². The van der Waals surface area contributed by atoms with Gasteiger partial charge >= 0.3 is 5.69 Å². The van der Waals surface area contributed by atoms with E-state index in [4.69, 9.17) is 19.7 Å². The molecule has 10 heteroatoms. The highest BCUT2D eigenvalue weighted by atomic mass is 16.5. The molecule has 39 heavy (non-hydrogen) atoms. The average Bonchev–Trinajstić information content (AvgIpc) is 3.62. The number of aromatic amines is 1. The second-order valence-corrected chi connectivity index (χ2v) is 9.27. The second kappa shape index (κ2) is 9.66. The molecule has 0 radical (unpaired) electrons. The number of aromatic nitrogens is 7. The fourth-order valence-electron chi connectivity index (χ4n) is 4.81. The Morgan fingerprint density at radius 1 is 0.872 bits per heavy atom. The molecule has 0 spiro atoms. The van der Waals surface area contributed by atoms with Crippen LogP contribution in [0.3, 0.4) is 0 Å². The van der Waals surface area contributed by atoms with Crippen LogP contribution in [-0.4, -0.2) is 60.4 Å². The molecular weight excluding hydrogens is 492 g/mol. The summed E-state index contributed by atoms with van der Waals surface area (Å²) in [5, 5.41) is 3.77. The van der Waals surface area contributed by atoms with Gasteiger partial charge in [-0.2, -0.15) is 4.98 Å². The van der Waals surface area contributed by atoms with Crippen LogP contribution in [0.2, 0.25) is 0 Å². The van der Waals surface area contributed by atoms with E-state index < -0.39 is 0 Å². The number of nitrogens with one attached hydrogen (secondary N) is 1. The molecule has 0 aliphatic carbocycles. The minimum absolute atomic E-state index is 0.387. The number of anilines is 1. The third-order valence-corrected chi connectivity index (χ3v) is 6.80. The fourth-order valence-corrected chi connectivity index (χ4v) is 4.81. The maximum absolute atomic E-state index is 11.4. The van der Waals surface area contributed by atoms with Gasteiger partial charge in [0, 0.05) is 30.2 Å². The van der Waals surface area contributed by atoms with Gasteiger partial charge in [0.1, 0.15) is 6.33 Å². The Kier molecular flexibility index (Phi) is 5.71. The first-order valence-corrected chi connectivity index (χ1v) is 12.7. The van der Waals surface area contributed by atoms with Crippen LogP contribution < -0.4 is 10.6 Å². The Balaban J connectivity index is 1.28. The Labute approximate surface area is 222 Å². The molecule has 7 rings (SSSR count). The van der Waals surface area contributed by atoms with Crippen molar-refractivity contribution in [3.63, 3.8) is 0 Å². The first kappa shape index (κ1) is 23.1. The smallest absolute Gasteiger partial charge is 0.361 e. The maximum Gasteiger partial charge on any atom is 0.361 e. The molecule has 1 aliphatic heterocycles. The number of hydrogen-bond donors (Lipinski definition) is 1. The van der Waals surface area contributed by atoms with Crippen molar-refractivity contribution in [1.82, 2.24) is 34.1 Å². The lowest BCUT2D eigenvalue weighted by Crippen LogP contribution is -2.37. The van der Waals surface area contributed by atoms with E-state index in [1.807, 2.05) is 73.1 Å². The summed E-state index contributed by atoms with van der Waals surface area (Å²) in [6.45, 7) is 2.85. The molecule has 2 aromatic carbocycles. The molecule has 6 aromatic rings. The Bertz CT molecular complexity index is 1880. The zero-order chi connectivity index (χ0) is 26.2. The molecule has 10 nitrogen and oxygen atoms in total. The second-order valence-electron chi connectivity index (χ2n) is 9.27. The number of rotatable bonds is 5. The van der Waals surface area contributed by atoms with Crippen LogP contribution in [0.5, 0.6) is 0 Å². The van der Waals surface area contributed by atoms with Crippen LogP contribution in [0, 0.1) is 0 Å². The van der Waals surface area contributed by atoms with Crippen LogP contribution in [0.25, 0.3) is 45.6 Å². The van der Waals surface area contributed by atoms with Gasteiger partial charge in [-0.05, 0) is 36.4 Å². The fraction of sp³-hybridized carbons (Fsp3) is 0.138. The molecule has 0 saturated carbocycles. The monoisotopic (exact) mass is 516 g/mol. The summed E-state index contributed by atoms with van der Waals surface area (Å²) >= 11 is 0. The number of fused-ring (bicyclic) bond motifs is 2. The number of hydrogen-bond acceptors (Lipinski definition) is 7. The van der Waals surface area contributed by atoms with E-state index in [0.29, 0.717) is 13.2 Å². The van der Waals surface area contributed by atoms with Crippen LogP contribution in [0.4, 0.5) is 5.82 Å². The highest BCUT2D eigenvalue weighted by Gasteiger charge is 2.19. The summed E-state index contributed by atoms with van der Waals surface area (Å²) in [6.07, 6.45) is 9.33. The van der Waals surface area contributed by atoms with Crippen LogP contribution >= 0.6 is 0 Å². The summed E-state index contributed by atoms with van der Waals surface area (Å²) in [5.41, 5.74) is 5.70. The summed E-state index contributed by atoms with van der Waals surface area (Å²) in [5.74, 6) is 0.832. The third kappa shape index (κ3) is 4.47. The van der Waals surface area contributed by atoms with Gasteiger partial charge in [-0.25, -0.2) is 29.5 Å². The SMILES string of the molecule is O=c1ncn(-c2ccc(-c3cnc(N4CCOCC4)c4nc(/C=C/c5ccc6ccccc6n5)cn34)cc2)[nH]1. The van der Waals surface area contributed by atoms with Crippen LogP contribution in [0.15, 0.2) is 84.2 Å². The normalized spacial score (nSPS) is 14.1. The van der Waals surface area contributed by atoms with Crippen molar-refractivity contribution < 1.29 is 4.74 Å². The van der Waals surface area contributed by atoms with Gasteiger partial charge in [-0.1, -0.05) is 36.4 Å². The number of pyridine rings is 1. The summed E-state index contributed by atoms with van der Waals surface area (Å²) in [4.78, 5) is 31.9. The molecule has 0 atom stereocenters. The highest BCUT2D eigenvalue weighted by Crippen LogP contribution is 2.28. The third-order valence-electron chi connectivity index (χ3n) is 6.80. The molecule has 192 valence electrons. The van der Waals surface area contributed by atoms with Gasteiger partial charge in [-0.3, -0.25) is 4.40 Å². The van der Waals surface area contributed by atoms with E-state index in [2.05, 4.69) is 31.5 Å². The molecule has 5 heterocycles. The predicted octanol–water partition coefficient (Wildman–Crippen LogP) is 3.83. The van der Waals surface area contributed by atoms with E-state index in [1.165, 1.54) is 6.33 Å². The van der Waals surface area contributed by atoms with Gasteiger partial charge in [-0.15, -0.1) is 0 Å². The van der Waals surface area contributed by atoms with Gasteiger partial charge < -0.3 is 9.64 Å². The highest BCUT2D eigenvalue weighted by molar-refractivity contribution is 5.81. The number of morpholine rings is 1. The largest absolute Gasteiger partial charge is 0.378 e. The van der Waals surface area contributed by atoms with Crippen molar-refractivity contribution in [1.29, 1.82) is 0 Å². The molecule has 1 saturated heterocycles. The van der Waals surface area contributed by atoms with Crippen molar-refractivity contribution in [2.45, 2.75) is 0 Å². The van der Waals surface area contributed by atoms with Gasteiger partial charge in [0.05, 0.1) is 47.7 Å².